The highest BCUT2D eigenvalue weighted by Gasteiger charge is 2.23. The zero-order chi connectivity index (χ0) is 13.8. The van der Waals surface area contributed by atoms with Crippen LogP contribution in [0.15, 0.2) is 47.3 Å². The van der Waals surface area contributed by atoms with Crippen LogP contribution in [0.2, 0.25) is 0 Å². The Labute approximate surface area is 122 Å². The first-order valence-electron chi connectivity index (χ1n) is 6.86. The largest absolute Gasteiger partial charge is 0.468 e. The maximum atomic E-state index is 12.3. The summed E-state index contributed by atoms with van der Waals surface area (Å²) in [6.45, 7) is 2.06. The van der Waals surface area contributed by atoms with Crippen molar-refractivity contribution in [1.82, 2.24) is 9.47 Å². The first kappa shape index (κ1) is 13.4. The molecule has 0 bridgehead atoms. The van der Waals surface area contributed by atoms with E-state index in [1.54, 1.807) is 6.26 Å². The average molecular weight is 290 g/mol. The van der Waals surface area contributed by atoms with Crippen molar-refractivity contribution < 1.29 is 9.21 Å². The van der Waals surface area contributed by atoms with Gasteiger partial charge in [0, 0.05) is 31.2 Å². The van der Waals surface area contributed by atoms with Crippen LogP contribution < -0.4 is 0 Å². The van der Waals surface area contributed by atoms with Crippen molar-refractivity contribution in [1.29, 1.82) is 0 Å². The summed E-state index contributed by atoms with van der Waals surface area (Å²) in [6, 6.07) is 7.84. The molecule has 1 atom stereocenters. The third-order valence-corrected chi connectivity index (χ3v) is 4.83. The number of amides is 1. The lowest BCUT2D eigenvalue weighted by Crippen LogP contribution is -2.35. The summed E-state index contributed by atoms with van der Waals surface area (Å²) in [5.74, 6) is 2.18. The summed E-state index contributed by atoms with van der Waals surface area (Å²) >= 11 is 1.88. The highest BCUT2D eigenvalue weighted by molar-refractivity contribution is 7.99. The zero-order valence-electron chi connectivity index (χ0n) is 11.3. The van der Waals surface area contributed by atoms with E-state index in [0.717, 1.165) is 31.0 Å². The van der Waals surface area contributed by atoms with Crippen molar-refractivity contribution in [2.75, 3.05) is 18.8 Å². The van der Waals surface area contributed by atoms with Crippen molar-refractivity contribution in [2.24, 2.45) is 0 Å². The summed E-state index contributed by atoms with van der Waals surface area (Å²) in [6.07, 6.45) is 6.53. The van der Waals surface area contributed by atoms with Crippen LogP contribution in [-0.4, -0.2) is 34.2 Å². The van der Waals surface area contributed by atoms with Gasteiger partial charge in [-0.3, -0.25) is 4.79 Å². The summed E-state index contributed by atoms with van der Waals surface area (Å²) in [7, 11) is 0. The smallest absolute Gasteiger partial charge is 0.242 e. The molecule has 1 aliphatic heterocycles. The number of thioether (sulfide) groups is 1. The minimum atomic E-state index is 0.196. The molecule has 3 heterocycles. The van der Waals surface area contributed by atoms with E-state index in [1.807, 2.05) is 57.9 Å². The molecule has 2 aromatic rings. The number of nitrogens with zero attached hydrogens (tertiary/aromatic N) is 2. The molecule has 0 aliphatic carbocycles. The molecule has 1 saturated heterocycles. The third-order valence-electron chi connectivity index (χ3n) is 3.54. The molecule has 0 radical (unpaired) electrons. The summed E-state index contributed by atoms with van der Waals surface area (Å²) in [5.41, 5.74) is 0. The van der Waals surface area contributed by atoms with Gasteiger partial charge in [0.2, 0.25) is 5.91 Å². The van der Waals surface area contributed by atoms with Gasteiger partial charge in [-0.15, -0.1) is 11.8 Å². The monoisotopic (exact) mass is 290 g/mol. The van der Waals surface area contributed by atoms with E-state index < -0.39 is 0 Å². The number of aromatic nitrogens is 1. The molecule has 0 saturated carbocycles. The van der Waals surface area contributed by atoms with Crippen LogP contribution in [-0.2, 0) is 11.3 Å². The number of hydrogen-bond donors (Lipinski definition) is 0. The molecule has 1 amide bonds. The van der Waals surface area contributed by atoms with Crippen molar-refractivity contribution in [2.45, 2.75) is 18.2 Å². The van der Waals surface area contributed by atoms with E-state index in [4.69, 9.17) is 4.42 Å². The lowest BCUT2D eigenvalue weighted by atomic mass is 10.2. The van der Waals surface area contributed by atoms with E-state index in [2.05, 4.69) is 0 Å². The lowest BCUT2D eigenvalue weighted by molar-refractivity contribution is -0.131. The molecule has 2 aromatic heterocycles. The van der Waals surface area contributed by atoms with Crippen molar-refractivity contribution >= 4 is 17.7 Å². The fourth-order valence-corrected chi connectivity index (χ4v) is 3.63. The number of carbonyl (C=O) groups excluding carboxylic acids is 1. The second kappa shape index (κ2) is 6.22. The van der Waals surface area contributed by atoms with Crippen LogP contribution in [0.25, 0.3) is 0 Å². The molecule has 0 aromatic carbocycles. The van der Waals surface area contributed by atoms with Gasteiger partial charge in [0.15, 0.2) is 0 Å². The summed E-state index contributed by atoms with van der Waals surface area (Å²) < 4.78 is 7.40. The number of rotatable bonds is 3. The molecule has 106 valence electrons. The highest BCUT2D eigenvalue weighted by Crippen LogP contribution is 2.34. The topological polar surface area (TPSA) is 38.4 Å². The van der Waals surface area contributed by atoms with Crippen molar-refractivity contribution in [3.63, 3.8) is 0 Å². The summed E-state index contributed by atoms with van der Waals surface area (Å²) in [4.78, 5) is 14.3. The Hall–Kier alpha value is -1.62. The molecule has 0 unspecified atom stereocenters. The molecule has 0 spiro atoms. The first-order valence-corrected chi connectivity index (χ1v) is 7.91. The Morgan fingerprint density at radius 3 is 2.90 bits per heavy atom. The van der Waals surface area contributed by atoms with Crippen LogP contribution >= 0.6 is 11.8 Å². The van der Waals surface area contributed by atoms with Crippen LogP contribution in [0.4, 0.5) is 0 Å². The summed E-state index contributed by atoms with van der Waals surface area (Å²) in [5, 5.41) is 0.370. The van der Waals surface area contributed by atoms with Gasteiger partial charge < -0.3 is 13.9 Å². The average Bonchev–Trinajstić information content (AvgIpc) is 3.09. The van der Waals surface area contributed by atoms with Crippen LogP contribution in [0.3, 0.4) is 0 Å². The Morgan fingerprint density at radius 1 is 1.30 bits per heavy atom. The van der Waals surface area contributed by atoms with Gasteiger partial charge in [-0.2, -0.15) is 0 Å². The molecular weight excluding hydrogens is 272 g/mol. The van der Waals surface area contributed by atoms with Crippen molar-refractivity contribution in [3.8, 4) is 0 Å². The normalized spacial score (nSPS) is 19.8. The Morgan fingerprint density at radius 2 is 2.15 bits per heavy atom. The minimum Gasteiger partial charge on any atom is -0.468 e. The molecular formula is C15H18N2O2S. The van der Waals surface area contributed by atoms with Gasteiger partial charge in [0.25, 0.3) is 0 Å². The maximum Gasteiger partial charge on any atom is 0.242 e. The van der Waals surface area contributed by atoms with Crippen LogP contribution in [0.5, 0.6) is 0 Å². The number of furan rings is 1. The molecule has 0 N–H and O–H groups in total. The Balaban J connectivity index is 1.58. The van der Waals surface area contributed by atoms with E-state index in [9.17, 15) is 4.79 Å². The minimum absolute atomic E-state index is 0.196. The van der Waals surface area contributed by atoms with Gasteiger partial charge in [0.05, 0.1) is 11.5 Å². The second-order valence-corrected chi connectivity index (χ2v) is 6.21. The van der Waals surface area contributed by atoms with E-state index >= 15 is 0 Å². The molecule has 20 heavy (non-hydrogen) atoms. The van der Waals surface area contributed by atoms with E-state index in [1.165, 1.54) is 0 Å². The predicted molar refractivity (Wildman–Crippen MR) is 79.5 cm³/mol. The molecule has 3 rings (SSSR count). The quantitative estimate of drug-likeness (QED) is 0.872. The van der Waals surface area contributed by atoms with Crippen LogP contribution in [0, 0.1) is 0 Å². The molecule has 5 heteroatoms. The SMILES string of the molecule is O=C(Cn1cccc1)N1CCS[C@H](c2ccco2)CC1. The van der Waals surface area contributed by atoms with Gasteiger partial charge in [-0.25, -0.2) is 0 Å². The van der Waals surface area contributed by atoms with Gasteiger partial charge in [0.1, 0.15) is 12.3 Å². The lowest BCUT2D eigenvalue weighted by Gasteiger charge is -2.20. The van der Waals surface area contributed by atoms with Crippen LogP contribution in [0.1, 0.15) is 17.4 Å². The Bertz CT molecular complexity index is 536. The second-order valence-electron chi connectivity index (χ2n) is 4.90. The number of hydrogen-bond acceptors (Lipinski definition) is 3. The Kier molecular flexibility index (Phi) is 4.16. The maximum absolute atomic E-state index is 12.3. The molecule has 4 nitrogen and oxygen atoms in total. The van der Waals surface area contributed by atoms with Gasteiger partial charge >= 0.3 is 0 Å². The van der Waals surface area contributed by atoms with E-state index in [-0.39, 0.29) is 5.91 Å². The van der Waals surface area contributed by atoms with Crippen molar-refractivity contribution in [3.05, 3.63) is 48.7 Å². The molecule has 1 aliphatic rings. The van der Waals surface area contributed by atoms with E-state index in [0.29, 0.717) is 11.8 Å². The fourth-order valence-electron chi connectivity index (χ4n) is 2.45. The van der Waals surface area contributed by atoms with Gasteiger partial charge in [-0.05, 0) is 30.7 Å². The fraction of sp³-hybridized carbons (Fsp3) is 0.400. The highest BCUT2D eigenvalue weighted by atomic mass is 32.2. The third kappa shape index (κ3) is 3.10. The standard InChI is InChI=1S/C15H18N2O2S/c18-15(12-16-6-1-2-7-16)17-8-5-14(20-11-9-17)13-4-3-10-19-13/h1-4,6-7,10,14H,5,8-9,11-12H2/t14-/m0/s1. The molecule has 1 fully saturated rings. The van der Waals surface area contributed by atoms with Gasteiger partial charge in [-0.1, -0.05) is 0 Å². The first-order chi connectivity index (χ1) is 9.83. The predicted octanol–water partition coefficient (Wildman–Crippen LogP) is 2.79. The zero-order valence-corrected chi connectivity index (χ0v) is 12.1. The number of carbonyl (C=O) groups is 1.